The fourth-order valence-electron chi connectivity index (χ4n) is 2.90. The van der Waals surface area contributed by atoms with E-state index in [-0.39, 0.29) is 11.9 Å². The van der Waals surface area contributed by atoms with Gasteiger partial charge in [0.2, 0.25) is 5.91 Å². The summed E-state index contributed by atoms with van der Waals surface area (Å²) in [5, 5.41) is 5.13. The van der Waals surface area contributed by atoms with Crippen LogP contribution in [-0.4, -0.2) is 43.5 Å². The zero-order valence-corrected chi connectivity index (χ0v) is 14.3. The number of amides is 1. The summed E-state index contributed by atoms with van der Waals surface area (Å²) in [5.74, 6) is 0.110. The Morgan fingerprint density at radius 1 is 1.13 bits per heavy atom. The monoisotopic (exact) mass is 329 g/mol. The molecule has 2 heterocycles. The molecule has 1 fully saturated rings. The molecule has 1 atom stereocenters. The maximum atomic E-state index is 12.2. The summed E-state index contributed by atoms with van der Waals surface area (Å²) in [6.45, 7) is 6.32. The van der Waals surface area contributed by atoms with Gasteiger partial charge in [-0.3, -0.25) is 9.69 Å². The van der Waals surface area contributed by atoms with Gasteiger partial charge >= 0.3 is 0 Å². The molecule has 0 radical (unpaired) electrons. The molecule has 4 nitrogen and oxygen atoms in total. The van der Waals surface area contributed by atoms with E-state index in [1.807, 2.05) is 24.4 Å². The summed E-state index contributed by atoms with van der Waals surface area (Å²) >= 11 is 1.68. The van der Waals surface area contributed by atoms with Gasteiger partial charge in [0.05, 0.1) is 12.6 Å². The Kier molecular flexibility index (Phi) is 5.31. The van der Waals surface area contributed by atoms with E-state index in [1.165, 1.54) is 10.6 Å². The van der Waals surface area contributed by atoms with Crippen molar-refractivity contribution in [2.75, 3.05) is 37.6 Å². The number of anilines is 1. The van der Waals surface area contributed by atoms with Crippen molar-refractivity contribution in [1.29, 1.82) is 0 Å². The van der Waals surface area contributed by atoms with E-state index in [0.29, 0.717) is 6.54 Å². The quantitative estimate of drug-likeness (QED) is 0.916. The van der Waals surface area contributed by atoms with Gasteiger partial charge in [-0.2, -0.15) is 0 Å². The molecule has 1 aliphatic rings. The molecule has 2 aromatic rings. The summed E-state index contributed by atoms with van der Waals surface area (Å²) < 4.78 is 0. The van der Waals surface area contributed by atoms with E-state index < -0.39 is 0 Å². The fourth-order valence-corrected chi connectivity index (χ4v) is 3.64. The number of thiophene rings is 1. The van der Waals surface area contributed by atoms with Crippen molar-refractivity contribution in [3.8, 4) is 0 Å². The lowest BCUT2D eigenvalue weighted by Gasteiger charge is -2.35. The molecule has 23 heavy (non-hydrogen) atoms. The van der Waals surface area contributed by atoms with Crippen LogP contribution < -0.4 is 10.2 Å². The number of rotatable bonds is 5. The van der Waals surface area contributed by atoms with Crippen molar-refractivity contribution in [3.05, 3.63) is 52.7 Å². The predicted octanol–water partition coefficient (Wildman–Crippen LogP) is 2.75. The largest absolute Gasteiger partial charge is 0.369 e. The molecule has 0 spiro atoms. The SMILES string of the molecule is C[C@H](NC(=O)CN1CCN(c2ccccc2)CC1)c1cccs1. The zero-order chi connectivity index (χ0) is 16.1. The Morgan fingerprint density at radius 2 is 1.87 bits per heavy atom. The second-order valence-electron chi connectivity index (χ2n) is 5.90. The first kappa shape index (κ1) is 16.0. The topological polar surface area (TPSA) is 35.6 Å². The van der Waals surface area contributed by atoms with E-state index >= 15 is 0 Å². The van der Waals surface area contributed by atoms with Crippen LogP contribution in [0.1, 0.15) is 17.8 Å². The van der Waals surface area contributed by atoms with Crippen LogP contribution >= 0.6 is 11.3 Å². The molecule has 1 saturated heterocycles. The van der Waals surface area contributed by atoms with Crippen molar-refractivity contribution in [2.45, 2.75) is 13.0 Å². The zero-order valence-electron chi connectivity index (χ0n) is 13.4. The highest BCUT2D eigenvalue weighted by Crippen LogP contribution is 2.18. The lowest BCUT2D eigenvalue weighted by Crippen LogP contribution is -2.49. The Hall–Kier alpha value is -1.85. The number of hydrogen-bond donors (Lipinski definition) is 1. The summed E-state index contributed by atoms with van der Waals surface area (Å²) in [4.78, 5) is 18.0. The van der Waals surface area contributed by atoms with Gasteiger partial charge in [-0.1, -0.05) is 24.3 Å². The predicted molar refractivity (Wildman–Crippen MR) is 96.0 cm³/mol. The second kappa shape index (κ2) is 7.62. The van der Waals surface area contributed by atoms with Gasteiger partial charge in [-0.05, 0) is 30.5 Å². The van der Waals surface area contributed by atoms with Crippen molar-refractivity contribution >= 4 is 22.9 Å². The molecular weight excluding hydrogens is 306 g/mol. The van der Waals surface area contributed by atoms with Crippen molar-refractivity contribution in [1.82, 2.24) is 10.2 Å². The van der Waals surface area contributed by atoms with Crippen LogP contribution in [0, 0.1) is 0 Å². The average Bonchev–Trinajstić information content (AvgIpc) is 3.11. The van der Waals surface area contributed by atoms with Crippen LogP contribution in [0.5, 0.6) is 0 Å². The number of carbonyl (C=O) groups is 1. The van der Waals surface area contributed by atoms with Gasteiger partial charge in [0, 0.05) is 36.7 Å². The van der Waals surface area contributed by atoms with Crippen molar-refractivity contribution in [2.24, 2.45) is 0 Å². The molecule has 1 N–H and O–H groups in total. The first-order valence-corrected chi connectivity index (χ1v) is 8.95. The Morgan fingerprint density at radius 3 is 2.52 bits per heavy atom. The smallest absolute Gasteiger partial charge is 0.234 e. The molecule has 1 aromatic carbocycles. The van der Waals surface area contributed by atoms with Gasteiger partial charge in [0.15, 0.2) is 0 Å². The lowest BCUT2D eigenvalue weighted by molar-refractivity contribution is -0.122. The van der Waals surface area contributed by atoms with Gasteiger partial charge in [-0.15, -0.1) is 11.3 Å². The van der Waals surface area contributed by atoms with Crippen LogP contribution in [0.25, 0.3) is 0 Å². The molecule has 0 saturated carbocycles. The summed E-state index contributed by atoms with van der Waals surface area (Å²) in [5.41, 5.74) is 1.27. The number of benzene rings is 1. The van der Waals surface area contributed by atoms with E-state index in [1.54, 1.807) is 11.3 Å². The molecule has 1 aliphatic heterocycles. The minimum Gasteiger partial charge on any atom is -0.369 e. The minimum atomic E-state index is 0.0908. The fraction of sp³-hybridized carbons (Fsp3) is 0.389. The van der Waals surface area contributed by atoms with E-state index in [4.69, 9.17) is 0 Å². The second-order valence-corrected chi connectivity index (χ2v) is 6.88. The average molecular weight is 329 g/mol. The van der Waals surface area contributed by atoms with Crippen LogP contribution in [0.15, 0.2) is 47.8 Å². The molecule has 122 valence electrons. The summed E-state index contributed by atoms with van der Waals surface area (Å²) in [6.07, 6.45) is 0. The molecule has 0 bridgehead atoms. The number of piperazine rings is 1. The molecule has 0 unspecified atom stereocenters. The standard InChI is InChI=1S/C18H23N3OS/c1-15(17-8-5-13-23-17)19-18(22)14-20-9-11-21(12-10-20)16-6-3-2-4-7-16/h2-8,13,15H,9-12,14H2,1H3,(H,19,22)/t15-/m0/s1. The van der Waals surface area contributed by atoms with E-state index in [9.17, 15) is 4.79 Å². The first-order valence-electron chi connectivity index (χ1n) is 8.07. The van der Waals surface area contributed by atoms with E-state index in [0.717, 1.165) is 26.2 Å². The molecule has 0 aliphatic carbocycles. The Bertz CT molecular complexity index is 606. The minimum absolute atomic E-state index is 0.0908. The van der Waals surface area contributed by atoms with E-state index in [2.05, 4.69) is 45.4 Å². The highest BCUT2D eigenvalue weighted by atomic mass is 32.1. The highest BCUT2D eigenvalue weighted by molar-refractivity contribution is 7.10. The number of hydrogen-bond acceptors (Lipinski definition) is 4. The van der Waals surface area contributed by atoms with Gasteiger partial charge in [0.1, 0.15) is 0 Å². The lowest BCUT2D eigenvalue weighted by atomic mass is 10.2. The normalized spacial score (nSPS) is 17.0. The number of para-hydroxylation sites is 1. The Balaban J connectivity index is 1.44. The maximum absolute atomic E-state index is 12.2. The maximum Gasteiger partial charge on any atom is 0.234 e. The molecule has 5 heteroatoms. The third-order valence-corrected chi connectivity index (χ3v) is 5.26. The number of nitrogens with zero attached hydrogens (tertiary/aromatic N) is 2. The van der Waals surface area contributed by atoms with Gasteiger partial charge in [-0.25, -0.2) is 0 Å². The van der Waals surface area contributed by atoms with Gasteiger partial charge in [0.25, 0.3) is 0 Å². The highest BCUT2D eigenvalue weighted by Gasteiger charge is 2.20. The van der Waals surface area contributed by atoms with Crippen LogP contribution in [-0.2, 0) is 4.79 Å². The molecule has 3 rings (SSSR count). The van der Waals surface area contributed by atoms with Crippen LogP contribution in [0.4, 0.5) is 5.69 Å². The van der Waals surface area contributed by atoms with Crippen molar-refractivity contribution < 1.29 is 4.79 Å². The third kappa shape index (κ3) is 4.33. The summed E-state index contributed by atoms with van der Waals surface area (Å²) in [6, 6.07) is 14.6. The first-order chi connectivity index (χ1) is 11.2. The number of nitrogens with one attached hydrogen (secondary N) is 1. The molecule has 1 amide bonds. The van der Waals surface area contributed by atoms with Crippen molar-refractivity contribution in [3.63, 3.8) is 0 Å². The van der Waals surface area contributed by atoms with Crippen LogP contribution in [0.3, 0.4) is 0 Å². The van der Waals surface area contributed by atoms with Gasteiger partial charge < -0.3 is 10.2 Å². The number of carbonyl (C=O) groups excluding carboxylic acids is 1. The van der Waals surface area contributed by atoms with Crippen LogP contribution in [0.2, 0.25) is 0 Å². The molecular formula is C18H23N3OS. The summed E-state index contributed by atoms with van der Waals surface area (Å²) in [7, 11) is 0. The Labute approximate surface area is 141 Å². The third-order valence-electron chi connectivity index (χ3n) is 4.21. The molecule has 1 aromatic heterocycles.